The molecule has 28 heavy (non-hydrogen) atoms. The number of carboxylic acid groups (broad SMARTS) is 2. The third-order valence-corrected chi connectivity index (χ3v) is 5.49. The Morgan fingerprint density at radius 1 is 1.00 bits per heavy atom. The molecule has 154 valence electrons. The van der Waals surface area contributed by atoms with Crippen LogP contribution in [0.25, 0.3) is 0 Å². The van der Waals surface area contributed by atoms with Crippen LogP contribution < -0.4 is 0 Å². The summed E-state index contributed by atoms with van der Waals surface area (Å²) in [5.74, 6) is -3.04. The number of hydrogen-bond donors (Lipinski definition) is 2. The summed E-state index contributed by atoms with van der Waals surface area (Å²) in [5, 5.41) is 14.8. The highest BCUT2D eigenvalue weighted by molar-refractivity contribution is 9.10. The predicted octanol–water partition coefficient (Wildman–Crippen LogP) is 2.83. The average Bonchev–Trinajstić information content (AvgIpc) is 2.69. The Morgan fingerprint density at radius 2 is 1.68 bits per heavy atom. The van der Waals surface area contributed by atoms with Crippen molar-refractivity contribution in [2.24, 2.45) is 5.92 Å². The van der Waals surface area contributed by atoms with Gasteiger partial charge in [-0.1, -0.05) is 28.1 Å². The molecule has 2 saturated heterocycles. The highest BCUT2D eigenvalue weighted by atomic mass is 79.9. The molecule has 3 rings (SSSR count). The Morgan fingerprint density at radius 3 is 2.29 bits per heavy atom. The molecule has 0 saturated carbocycles. The van der Waals surface area contributed by atoms with E-state index in [0.29, 0.717) is 5.91 Å². The molecule has 2 fully saturated rings. The first-order valence-corrected chi connectivity index (χ1v) is 10.4. The number of benzene rings is 1. The van der Waals surface area contributed by atoms with Crippen LogP contribution in [0.2, 0.25) is 0 Å². The summed E-state index contributed by atoms with van der Waals surface area (Å²) >= 11 is 3.53. The van der Waals surface area contributed by atoms with Gasteiger partial charge in [0.1, 0.15) is 0 Å². The molecule has 1 aromatic rings. The Kier molecular flexibility index (Phi) is 8.92. The third-order valence-electron chi connectivity index (χ3n) is 5.00. The van der Waals surface area contributed by atoms with E-state index in [0.717, 1.165) is 50.0 Å². The van der Waals surface area contributed by atoms with Crippen molar-refractivity contribution < 1.29 is 24.6 Å². The van der Waals surface area contributed by atoms with Gasteiger partial charge in [0.2, 0.25) is 5.91 Å². The lowest BCUT2D eigenvalue weighted by Gasteiger charge is -2.36. The molecular formula is C20H27BrN2O5. The topological polar surface area (TPSA) is 98.2 Å². The van der Waals surface area contributed by atoms with E-state index in [-0.39, 0.29) is 5.92 Å². The summed E-state index contributed by atoms with van der Waals surface area (Å²) in [5.41, 5.74) is 1.32. The van der Waals surface area contributed by atoms with Crippen molar-refractivity contribution in [3.8, 4) is 0 Å². The molecule has 0 radical (unpaired) electrons. The molecule has 2 aliphatic heterocycles. The van der Waals surface area contributed by atoms with Crippen LogP contribution in [0.1, 0.15) is 37.7 Å². The minimum Gasteiger partial charge on any atom is -0.473 e. The Bertz CT molecular complexity index is 679. The molecule has 0 bridgehead atoms. The fourth-order valence-corrected chi connectivity index (χ4v) is 4.11. The second-order valence-corrected chi connectivity index (χ2v) is 8.12. The second-order valence-electron chi connectivity index (χ2n) is 7.20. The first-order chi connectivity index (χ1) is 13.4. The van der Waals surface area contributed by atoms with Crippen molar-refractivity contribution in [3.05, 3.63) is 34.3 Å². The fourth-order valence-electron chi connectivity index (χ4n) is 3.67. The first-order valence-electron chi connectivity index (χ1n) is 9.58. The van der Waals surface area contributed by atoms with Crippen LogP contribution >= 0.6 is 15.9 Å². The molecular weight excluding hydrogens is 428 g/mol. The van der Waals surface area contributed by atoms with Crippen molar-refractivity contribution >= 4 is 33.8 Å². The predicted molar refractivity (Wildman–Crippen MR) is 108 cm³/mol. The lowest BCUT2D eigenvalue weighted by atomic mass is 9.95. The zero-order valence-corrected chi connectivity index (χ0v) is 17.4. The van der Waals surface area contributed by atoms with Crippen LogP contribution in [0, 0.1) is 5.92 Å². The van der Waals surface area contributed by atoms with Crippen LogP contribution in [0.15, 0.2) is 28.7 Å². The van der Waals surface area contributed by atoms with Gasteiger partial charge in [0.15, 0.2) is 0 Å². The molecule has 2 N–H and O–H groups in total. The molecule has 0 aromatic heterocycles. The molecule has 1 aromatic carbocycles. The molecule has 0 spiro atoms. The summed E-state index contributed by atoms with van der Waals surface area (Å²) in [6, 6.07) is 8.49. The molecule has 8 heteroatoms. The lowest BCUT2D eigenvalue weighted by Crippen LogP contribution is -2.46. The zero-order valence-electron chi connectivity index (χ0n) is 15.8. The number of rotatable bonds is 3. The van der Waals surface area contributed by atoms with E-state index in [1.165, 1.54) is 24.8 Å². The van der Waals surface area contributed by atoms with Crippen molar-refractivity contribution in [2.45, 2.75) is 38.6 Å². The maximum atomic E-state index is 12.7. The van der Waals surface area contributed by atoms with E-state index in [1.54, 1.807) is 0 Å². The van der Waals surface area contributed by atoms with Crippen LogP contribution in [-0.2, 0) is 20.9 Å². The van der Waals surface area contributed by atoms with Gasteiger partial charge in [0, 0.05) is 30.7 Å². The smallest absolute Gasteiger partial charge is 0.414 e. The minimum atomic E-state index is -1.82. The van der Waals surface area contributed by atoms with Gasteiger partial charge in [0.25, 0.3) is 0 Å². The number of amides is 1. The van der Waals surface area contributed by atoms with E-state index in [9.17, 15) is 4.79 Å². The molecule has 2 aliphatic rings. The maximum Gasteiger partial charge on any atom is 0.414 e. The van der Waals surface area contributed by atoms with Gasteiger partial charge in [-0.25, -0.2) is 9.59 Å². The highest BCUT2D eigenvalue weighted by Gasteiger charge is 2.29. The number of nitrogens with zero attached hydrogens (tertiary/aromatic N) is 2. The summed E-state index contributed by atoms with van der Waals surface area (Å²) in [7, 11) is 0. The van der Waals surface area contributed by atoms with Crippen LogP contribution in [0.5, 0.6) is 0 Å². The number of carbonyl (C=O) groups excluding carboxylic acids is 1. The standard InChI is InChI=1S/C18H25BrN2O.C2H2O4/c19-17-8-4-6-15(12-17)13-20-9-5-7-16(14-20)18(22)21-10-2-1-3-11-21;3-1(4)2(5)6/h4,6,8,12,16H,1-3,5,7,9-11,13-14H2;(H,3,4)(H,5,6). The number of halogens is 1. The van der Waals surface area contributed by atoms with E-state index in [2.05, 4.69) is 50.0 Å². The number of hydrogen-bond acceptors (Lipinski definition) is 4. The van der Waals surface area contributed by atoms with Crippen LogP contribution in [0.4, 0.5) is 0 Å². The molecule has 1 atom stereocenters. The molecule has 2 heterocycles. The molecule has 7 nitrogen and oxygen atoms in total. The van der Waals surface area contributed by atoms with Gasteiger partial charge in [0.05, 0.1) is 5.92 Å². The van der Waals surface area contributed by atoms with E-state index < -0.39 is 11.9 Å². The maximum absolute atomic E-state index is 12.7. The van der Waals surface area contributed by atoms with Crippen LogP contribution in [-0.4, -0.2) is 64.0 Å². The van der Waals surface area contributed by atoms with Gasteiger partial charge in [-0.3, -0.25) is 9.69 Å². The number of piperidine rings is 2. The lowest BCUT2D eigenvalue weighted by molar-refractivity contribution is -0.159. The highest BCUT2D eigenvalue weighted by Crippen LogP contribution is 2.23. The van der Waals surface area contributed by atoms with E-state index in [1.807, 2.05) is 0 Å². The minimum absolute atomic E-state index is 0.207. The van der Waals surface area contributed by atoms with Gasteiger partial charge in [-0.15, -0.1) is 0 Å². The summed E-state index contributed by atoms with van der Waals surface area (Å²) in [6.07, 6.45) is 5.84. The molecule has 0 aliphatic carbocycles. The SMILES string of the molecule is O=C(C1CCCN(Cc2cccc(Br)c2)C1)N1CCCCC1.O=C(O)C(=O)O. The van der Waals surface area contributed by atoms with Gasteiger partial charge < -0.3 is 15.1 Å². The van der Waals surface area contributed by atoms with Crippen molar-refractivity contribution in [1.29, 1.82) is 0 Å². The summed E-state index contributed by atoms with van der Waals surface area (Å²) in [6.45, 7) is 4.92. The van der Waals surface area contributed by atoms with E-state index >= 15 is 0 Å². The zero-order chi connectivity index (χ0) is 20.5. The monoisotopic (exact) mass is 454 g/mol. The number of aliphatic carboxylic acids is 2. The van der Waals surface area contributed by atoms with Crippen LogP contribution in [0.3, 0.4) is 0 Å². The van der Waals surface area contributed by atoms with Crippen molar-refractivity contribution in [2.75, 3.05) is 26.2 Å². The second kappa shape index (κ2) is 11.2. The summed E-state index contributed by atoms with van der Waals surface area (Å²) in [4.78, 5) is 35.4. The number of likely N-dealkylation sites (tertiary alicyclic amines) is 2. The molecule has 1 amide bonds. The Balaban J connectivity index is 0.000000409. The number of carboxylic acids is 2. The number of carbonyl (C=O) groups is 3. The summed E-state index contributed by atoms with van der Waals surface area (Å²) < 4.78 is 1.13. The Hall–Kier alpha value is -1.93. The fraction of sp³-hybridized carbons (Fsp3) is 0.550. The van der Waals surface area contributed by atoms with Crippen molar-refractivity contribution in [1.82, 2.24) is 9.80 Å². The quantitative estimate of drug-likeness (QED) is 0.681. The van der Waals surface area contributed by atoms with Crippen molar-refractivity contribution in [3.63, 3.8) is 0 Å². The third kappa shape index (κ3) is 7.24. The molecule has 1 unspecified atom stereocenters. The Labute approximate surface area is 173 Å². The largest absolute Gasteiger partial charge is 0.473 e. The van der Waals surface area contributed by atoms with Gasteiger partial charge in [-0.2, -0.15) is 0 Å². The van der Waals surface area contributed by atoms with Gasteiger partial charge >= 0.3 is 11.9 Å². The average molecular weight is 455 g/mol. The van der Waals surface area contributed by atoms with Gasteiger partial charge in [-0.05, 0) is 56.3 Å². The van der Waals surface area contributed by atoms with E-state index in [4.69, 9.17) is 19.8 Å². The first kappa shape index (κ1) is 22.4. The normalized spacial score (nSPS) is 20.0.